The van der Waals surface area contributed by atoms with Crippen LogP contribution in [-0.2, 0) is 24.5 Å². The lowest BCUT2D eigenvalue weighted by Gasteiger charge is -2.25. The molecule has 1 aliphatic heterocycles. The summed E-state index contributed by atoms with van der Waals surface area (Å²) in [6.45, 7) is 1.41. The molecule has 3 aromatic heterocycles. The summed E-state index contributed by atoms with van der Waals surface area (Å²) in [5.41, 5.74) is 12.4. The van der Waals surface area contributed by atoms with Crippen molar-refractivity contribution >= 4 is 40.1 Å². The highest BCUT2D eigenvalue weighted by Gasteiger charge is 2.27. The van der Waals surface area contributed by atoms with Crippen molar-refractivity contribution in [3.05, 3.63) is 82.8 Å². The molecule has 0 saturated heterocycles. The molecule has 2 N–H and O–H groups in total. The highest BCUT2D eigenvalue weighted by molar-refractivity contribution is 7.98. The molecule has 0 unspecified atom stereocenters. The molecule has 0 atom stereocenters. The predicted octanol–water partition coefficient (Wildman–Crippen LogP) is 5.08. The molecule has 1 aliphatic carbocycles. The van der Waals surface area contributed by atoms with Crippen molar-refractivity contribution in [3.8, 4) is 0 Å². The van der Waals surface area contributed by atoms with E-state index < -0.39 is 0 Å². The highest BCUT2D eigenvalue weighted by Crippen LogP contribution is 2.39. The second-order valence-electron chi connectivity index (χ2n) is 8.97. The van der Waals surface area contributed by atoms with Crippen LogP contribution < -0.4 is 10.6 Å². The summed E-state index contributed by atoms with van der Waals surface area (Å²) < 4.78 is 5.60. The SMILES string of the molecule is CSc1ncccc1N(Cc1ccc2c3c(c(N)nc2c1)COC3)C(=O)c1ccc(C2CC2)nc1. The molecular formula is C27H25N5O2S. The first kappa shape index (κ1) is 22.0. The molecule has 7 nitrogen and oxygen atoms in total. The number of hydrogen-bond donors (Lipinski definition) is 1. The van der Waals surface area contributed by atoms with Gasteiger partial charge in [0.05, 0.1) is 36.5 Å². The van der Waals surface area contributed by atoms with Crippen LogP contribution in [0.3, 0.4) is 0 Å². The van der Waals surface area contributed by atoms with Crippen molar-refractivity contribution < 1.29 is 9.53 Å². The molecule has 1 fully saturated rings. The molecule has 1 saturated carbocycles. The number of fused-ring (bicyclic) bond motifs is 3. The quantitative estimate of drug-likeness (QED) is 0.382. The number of thioether (sulfide) groups is 1. The van der Waals surface area contributed by atoms with E-state index >= 15 is 0 Å². The lowest BCUT2D eigenvalue weighted by atomic mass is 10.0. The number of amides is 1. The van der Waals surface area contributed by atoms with Gasteiger partial charge in [-0.2, -0.15) is 0 Å². The van der Waals surface area contributed by atoms with E-state index in [9.17, 15) is 4.79 Å². The van der Waals surface area contributed by atoms with E-state index in [0.717, 1.165) is 44.0 Å². The molecule has 1 amide bonds. The highest BCUT2D eigenvalue weighted by atomic mass is 32.2. The number of nitrogen functional groups attached to an aromatic ring is 1. The summed E-state index contributed by atoms with van der Waals surface area (Å²) >= 11 is 1.52. The fourth-order valence-electron chi connectivity index (χ4n) is 4.62. The smallest absolute Gasteiger partial charge is 0.260 e. The van der Waals surface area contributed by atoms with Crippen LogP contribution >= 0.6 is 11.8 Å². The largest absolute Gasteiger partial charge is 0.383 e. The number of pyridine rings is 3. The minimum Gasteiger partial charge on any atom is -0.383 e. The number of carbonyl (C=O) groups is 1. The van der Waals surface area contributed by atoms with E-state index in [2.05, 4.69) is 21.0 Å². The van der Waals surface area contributed by atoms with Gasteiger partial charge in [0, 0.05) is 35.0 Å². The van der Waals surface area contributed by atoms with E-state index in [-0.39, 0.29) is 5.91 Å². The van der Waals surface area contributed by atoms with Crippen LogP contribution in [0.25, 0.3) is 10.9 Å². The molecule has 0 radical (unpaired) electrons. The van der Waals surface area contributed by atoms with Gasteiger partial charge >= 0.3 is 0 Å². The van der Waals surface area contributed by atoms with Gasteiger partial charge in [-0.05, 0) is 60.6 Å². The van der Waals surface area contributed by atoms with E-state index in [1.807, 2.05) is 42.7 Å². The maximum Gasteiger partial charge on any atom is 0.260 e. The lowest BCUT2D eigenvalue weighted by molar-refractivity contribution is 0.0984. The molecule has 4 aromatic rings. The third kappa shape index (κ3) is 4.13. The molecule has 8 heteroatoms. The lowest BCUT2D eigenvalue weighted by Crippen LogP contribution is -2.31. The van der Waals surface area contributed by atoms with Gasteiger partial charge in [-0.3, -0.25) is 9.78 Å². The van der Waals surface area contributed by atoms with Crippen LogP contribution in [-0.4, -0.2) is 27.1 Å². The van der Waals surface area contributed by atoms with Gasteiger partial charge in [0.1, 0.15) is 10.8 Å². The van der Waals surface area contributed by atoms with E-state index in [4.69, 9.17) is 10.5 Å². The van der Waals surface area contributed by atoms with Gasteiger partial charge < -0.3 is 15.4 Å². The number of benzene rings is 1. The normalized spacial score (nSPS) is 14.8. The number of nitrogens with two attached hydrogens (primary N) is 1. The van der Waals surface area contributed by atoms with Gasteiger partial charge in [0.2, 0.25) is 0 Å². The topological polar surface area (TPSA) is 94.2 Å². The number of carbonyl (C=O) groups excluding carboxylic acids is 1. The Morgan fingerprint density at radius 3 is 2.77 bits per heavy atom. The fraction of sp³-hybridized carbons (Fsp3) is 0.259. The van der Waals surface area contributed by atoms with Gasteiger partial charge in [-0.1, -0.05) is 12.1 Å². The Hall–Kier alpha value is -3.49. The number of hydrogen-bond acceptors (Lipinski definition) is 7. The summed E-state index contributed by atoms with van der Waals surface area (Å²) in [5, 5.41) is 1.83. The van der Waals surface area contributed by atoms with Gasteiger partial charge in [0.25, 0.3) is 5.91 Å². The van der Waals surface area contributed by atoms with Crippen LogP contribution in [0.1, 0.15) is 51.5 Å². The van der Waals surface area contributed by atoms with Crippen molar-refractivity contribution in [2.75, 3.05) is 16.9 Å². The monoisotopic (exact) mass is 483 g/mol. The molecule has 176 valence electrons. The Labute approximate surface area is 207 Å². The van der Waals surface area contributed by atoms with Gasteiger partial charge in [-0.15, -0.1) is 11.8 Å². The molecule has 1 aromatic carbocycles. The average molecular weight is 484 g/mol. The Morgan fingerprint density at radius 1 is 1.14 bits per heavy atom. The van der Waals surface area contributed by atoms with E-state index in [1.54, 1.807) is 17.3 Å². The van der Waals surface area contributed by atoms with Crippen molar-refractivity contribution in [2.45, 2.75) is 43.5 Å². The van der Waals surface area contributed by atoms with Gasteiger partial charge in [0.15, 0.2) is 0 Å². The Bertz CT molecular complexity index is 1440. The van der Waals surface area contributed by atoms with Crippen molar-refractivity contribution in [1.82, 2.24) is 15.0 Å². The second-order valence-corrected chi connectivity index (χ2v) is 9.76. The Balaban J connectivity index is 1.38. The summed E-state index contributed by atoms with van der Waals surface area (Å²) in [4.78, 5) is 29.2. The number of rotatable bonds is 6. The molecule has 0 bridgehead atoms. The molecule has 6 rings (SSSR count). The summed E-state index contributed by atoms with van der Waals surface area (Å²) in [5.74, 6) is 0.938. The second kappa shape index (κ2) is 8.94. The van der Waals surface area contributed by atoms with Crippen molar-refractivity contribution in [3.63, 3.8) is 0 Å². The molecule has 35 heavy (non-hydrogen) atoms. The van der Waals surface area contributed by atoms with Crippen LogP contribution in [0.5, 0.6) is 0 Å². The zero-order chi connectivity index (χ0) is 23.9. The minimum absolute atomic E-state index is 0.113. The summed E-state index contributed by atoms with van der Waals surface area (Å²) in [6, 6.07) is 13.8. The first-order valence-electron chi connectivity index (χ1n) is 11.7. The Morgan fingerprint density at radius 2 is 2.00 bits per heavy atom. The predicted molar refractivity (Wildman–Crippen MR) is 137 cm³/mol. The van der Waals surface area contributed by atoms with Crippen molar-refractivity contribution in [1.29, 1.82) is 0 Å². The molecule has 4 heterocycles. The first-order valence-corrected chi connectivity index (χ1v) is 12.9. The van der Waals surface area contributed by atoms with Gasteiger partial charge in [-0.25, -0.2) is 9.97 Å². The van der Waals surface area contributed by atoms with Crippen LogP contribution in [0.15, 0.2) is 59.9 Å². The van der Waals surface area contributed by atoms with Crippen LogP contribution in [0.2, 0.25) is 0 Å². The number of ether oxygens (including phenoxy) is 1. The van der Waals surface area contributed by atoms with E-state index in [0.29, 0.717) is 37.1 Å². The van der Waals surface area contributed by atoms with E-state index in [1.165, 1.54) is 24.6 Å². The molecular weight excluding hydrogens is 458 g/mol. The maximum absolute atomic E-state index is 13.8. The average Bonchev–Trinajstić information content (AvgIpc) is 3.62. The minimum atomic E-state index is -0.113. The first-order chi connectivity index (χ1) is 17.1. The van der Waals surface area contributed by atoms with Crippen LogP contribution in [0.4, 0.5) is 11.5 Å². The molecule has 0 spiro atoms. The molecule has 2 aliphatic rings. The van der Waals surface area contributed by atoms with Crippen LogP contribution in [0, 0.1) is 0 Å². The summed E-state index contributed by atoms with van der Waals surface area (Å²) in [7, 11) is 0. The number of anilines is 2. The zero-order valence-electron chi connectivity index (χ0n) is 19.4. The number of aromatic nitrogens is 3. The standard InChI is InChI=1S/C27H25N5O2S/c1-35-26-24(3-2-10-29-26)32(27(33)18-7-9-22(30-12-18)17-5-6-17)13-16-4-8-19-20-14-34-15-21(20)25(28)31-23(19)11-16/h2-4,7-12,17H,5-6,13-15H2,1H3,(H2,28,31). The summed E-state index contributed by atoms with van der Waals surface area (Å²) in [6.07, 6.45) is 7.76. The Kier molecular flexibility index (Phi) is 5.62. The van der Waals surface area contributed by atoms with Crippen molar-refractivity contribution in [2.24, 2.45) is 0 Å². The zero-order valence-corrected chi connectivity index (χ0v) is 20.2. The third-order valence-electron chi connectivity index (χ3n) is 6.64. The third-order valence-corrected chi connectivity index (χ3v) is 7.35. The number of nitrogens with zero attached hydrogens (tertiary/aromatic N) is 4. The fourth-order valence-corrected chi connectivity index (χ4v) is 5.17. The maximum atomic E-state index is 13.8.